The van der Waals surface area contributed by atoms with E-state index >= 15 is 0 Å². The average molecular weight is 198 g/mol. The second-order valence-electron chi connectivity index (χ2n) is 3.24. The number of nitrogens with two attached hydrogens (primary N) is 1. The molecule has 1 unspecified atom stereocenters. The van der Waals surface area contributed by atoms with Gasteiger partial charge in [-0.25, -0.2) is 4.79 Å². The van der Waals surface area contributed by atoms with Gasteiger partial charge in [-0.15, -0.1) is 0 Å². The molecule has 1 aromatic rings. The highest BCUT2D eigenvalue weighted by Gasteiger charge is 2.18. The molecule has 0 aliphatic rings. The Bertz CT molecular complexity index is 269. The topological polar surface area (TPSA) is 67.1 Å². The molecule has 0 saturated heterocycles. The maximum Gasteiger partial charge on any atom is 0.378 e. The Balaban J connectivity index is 2.47. The summed E-state index contributed by atoms with van der Waals surface area (Å²) in [7, 11) is 0. The van der Waals surface area contributed by atoms with E-state index in [1.54, 1.807) is 12.1 Å². The molecule has 1 aromatic heterocycles. The lowest BCUT2D eigenvalue weighted by Crippen LogP contribution is -2.94. The predicted molar refractivity (Wildman–Crippen MR) is 50.7 cm³/mol. The summed E-state index contributed by atoms with van der Waals surface area (Å²) in [6.45, 7) is 2.04. The fraction of sp³-hybridized carbons (Fsp3) is 0.500. The Labute approximate surface area is 82.9 Å². The zero-order chi connectivity index (χ0) is 10.4. The van der Waals surface area contributed by atoms with Crippen LogP contribution in [0.5, 0.6) is 0 Å². The molecule has 78 valence electrons. The van der Waals surface area contributed by atoms with E-state index in [9.17, 15) is 4.79 Å². The van der Waals surface area contributed by atoms with Crippen LogP contribution in [-0.2, 0) is 0 Å². The van der Waals surface area contributed by atoms with Crippen molar-refractivity contribution in [1.82, 2.24) is 0 Å². The summed E-state index contributed by atoms with van der Waals surface area (Å²) in [6, 6.07) is 3.24. The molecule has 1 rings (SSSR count). The molecule has 1 amide bonds. The molecule has 1 heterocycles. The Morgan fingerprint density at radius 2 is 2.50 bits per heavy atom. The Morgan fingerprint density at radius 1 is 1.71 bits per heavy atom. The molecular formula is C10H16NO3+. The van der Waals surface area contributed by atoms with Crippen LogP contribution in [0.4, 0.5) is 0 Å². The van der Waals surface area contributed by atoms with Crippen LogP contribution in [0.25, 0.3) is 0 Å². The van der Waals surface area contributed by atoms with Crippen LogP contribution < -0.4 is 5.32 Å². The fourth-order valence-electron chi connectivity index (χ4n) is 1.31. The van der Waals surface area contributed by atoms with E-state index in [0.29, 0.717) is 5.76 Å². The minimum atomic E-state index is -0.150. The fourth-order valence-corrected chi connectivity index (χ4v) is 1.31. The van der Waals surface area contributed by atoms with Crippen LogP contribution in [0, 0.1) is 0 Å². The SMILES string of the molecule is CCCC(CO)[NH2+]C(=O)c1ccco1. The first-order valence-corrected chi connectivity index (χ1v) is 4.81. The lowest BCUT2D eigenvalue weighted by molar-refractivity contribution is -0.598. The van der Waals surface area contributed by atoms with Gasteiger partial charge in [-0.3, -0.25) is 5.32 Å². The molecule has 1 atom stereocenters. The van der Waals surface area contributed by atoms with E-state index in [1.165, 1.54) is 11.6 Å². The first-order chi connectivity index (χ1) is 6.77. The van der Waals surface area contributed by atoms with Gasteiger partial charge >= 0.3 is 5.91 Å². The molecule has 0 radical (unpaired) electrons. The summed E-state index contributed by atoms with van der Waals surface area (Å²) in [4.78, 5) is 11.5. The summed E-state index contributed by atoms with van der Waals surface area (Å²) in [5, 5.41) is 10.5. The number of rotatable bonds is 5. The molecule has 0 spiro atoms. The minimum Gasteiger partial charge on any atom is -0.455 e. The van der Waals surface area contributed by atoms with E-state index < -0.39 is 0 Å². The third-order valence-corrected chi connectivity index (χ3v) is 2.05. The van der Waals surface area contributed by atoms with Crippen molar-refractivity contribution in [2.75, 3.05) is 6.61 Å². The molecule has 0 aliphatic carbocycles. The first-order valence-electron chi connectivity index (χ1n) is 4.81. The van der Waals surface area contributed by atoms with Gasteiger partial charge in [-0.05, 0) is 12.1 Å². The van der Waals surface area contributed by atoms with E-state index in [-0.39, 0.29) is 18.6 Å². The smallest absolute Gasteiger partial charge is 0.378 e. The molecule has 0 aromatic carbocycles. The van der Waals surface area contributed by atoms with Gasteiger partial charge in [0.25, 0.3) is 0 Å². The van der Waals surface area contributed by atoms with Crippen molar-refractivity contribution in [1.29, 1.82) is 0 Å². The number of amides is 1. The number of primary amides is 1. The zero-order valence-corrected chi connectivity index (χ0v) is 8.27. The average Bonchev–Trinajstić information content (AvgIpc) is 2.69. The molecule has 14 heavy (non-hydrogen) atoms. The van der Waals surface area contributed by atoms with Crippen LogP contribution in [0.1, 0.15) is 30.3 Å². The van der Waals surface area contributed by atoms with Gasteiger partial charge in [-0.2, -0.15) is 0 Å². The summed E-state index contributed by atoms with van der Waals surface area (Å²) in [6.07, 6.45) is 3.24. The molecule has 0 fully saturated rings. The lowest BCUT2D eigenvalue weighted by Gasteiger charge is -2.08. The molecule has 3 N–H and O–H groups in total. The molecular weight excluding hydrogens is 182 g/mol. The van der Waals surface area contributed by atoms with Gasteiger partial charge in [0.05, 0.1) is 12.9 Å². The van der Waals surface area contributed by atoms with Crippen molar-refractivity contribution in [3.8, 4) is 0 Å². The number of carbonyl (C=O) groups excluding carboxylic acids is 1. The van der Waals surface area contributed by atoms with Crippen LogP contribution in [0.3, 0.4) is 0 Å². The summed E-state index contributed by atoms with van der Waals surface area (Å²) in [5.41, 5.74) is 0. The van der Waals surface area contributed by atoms with Crippen molar-refractivity contribution in [2.45, 2.75) is 25.8 Å². The third-order valence-electron chi connectivity index (χ3n) is 2.05. The Morgan fingerprint density at radius 3 is 3.00 bits per heavy atom. The highest BCUT2D eigenvalue weighted by Crippen LogP contribution is 1.97. The van der Waals surface area contributed by atoms with Crippen molar-refractivity contribution >= 4 is 5.91 Å². The minimum absolute atomic E-state index is 0.0142. The standard InChI is InChI=1S/C10H15NO3/c1-2-4-8(7-12)11-10(13)9-5-3-6-14-9/h3,5-6,8,12H,2,4,7H2,1H3,(H,11,13)/p+1. The molecule has 0 bridgehead atoms. The normalized spacial score (nSPS) is 12.7. The number of carbonyl (C=O) groups is 1. The van der Waals surface area contributed by atoms with E-state index in [0.717, 1.165) is 12.8 Å². The highest BCUT2D eigenvalue weighted by atomic mass is 16.3. The van der Waals surface area contributed by atoms with Crippen molar-refractivity contribution in [3.63, 3.8) is 0 Å². The van der Waals surface area contributed by atoms with Gasteiger partial charge in [0.1, 0.15) is 6.04 Å². The lowest BCUT2D eigenvalue weighted by atomic mass is 10.2. The number of aliphatic hydroxyl groups is 1. The van der Waals surface area contributed by atoms with E-state index in [4.69, 9.17) is 9.52 Å². The Kier molecular flexibility index (Phi) is 4.35. The van der Waals surface area contributed by atoms with Crippen LogP contribution in [0.2, 0.25) is 0 Å². The summed E-state index contributed by atoms with van der Waals surface area (Å²) >= 11 is 0. The number of aliphatic hydroxyl groups excluding tert-OH is 1. The number of hydrogen-bond acceptors (Lipinski definition) is 3. The Hall–Kier alpha value is -1.13. The van der Waals surface area contributed by atoms with Crippen molar-refractivity contribution in [2.24, 2.45) is 0 Å². The maximum atomic E-state index is 11.5. The largest absolute Gasteiger partial charge is 0.455 e. The molecule has 4 nitrogen and oxygen atoms in total. The van der Waals surface area contributed by atoms with Crippen LogP contribution >= 0.6 is 0 Å². The number of quaternary nitrogens is 1. The molecule has 0 saturated carbocycles. The van der Waals surface area contributed by atoms with Gasteiger partial charge in [0.2, 0.25) is 5.76 Å². The van der Waals surface area contributed by atoms with Gasteiger partial charge in [0, 0.05) is 6.42 Å². The second-order valence-corrected chi connectivity index (χ2v) is 3.24. The van der Waals surface area contributed by atoms with Gasteiger partial charge in [0.15, 0.2) is 0 Å². The predicted octanol–water partition coefficient (Wildman–Crippen LogP) is 0.144. The van der Waals surface area contributed by atoms with E-state index in [2.05, 4.69) is 0 Å². The zero-order valence-electron chi connectivity index (χ0n) is 8.27. The van der Waals surface area contributed by atoms with Gasteiger partial charge in [-0.1, -0.05) is 13.3 Å². The van der Waals surface area contributed by atoms with Crippen molar-refractivity contribution in [3.05, 3.63) is 24.2 Å². The quantitative estimate of drug-likeness (QED) is 0.707. The van der Waals surface area contributed by atoms with Crippen LogP contribution in [0.15, 0.2) is 22.8 Å². The maximum absolute atomic E-state index is 11.5. The second kappa shape index (κ2) is 5.57. The highest BCUT2D eigenvalue weighted by molar-refractivity contribution is 5.83. The number of hydrogen-bond donors (Lipinski definition) is 2. The molecule has 4 heteroatoms. The first kappa shape index (κ1) is 10.9. The monoisotopic (exact) mass is 198 g/mol. The number of furan rings is 1. The summed E-state index contributed by atoms with van der Waals surface area (Å²) < 4.78 is 4.96. The summed E-state index contributed by atoms with van der Waals surface area (Å²) in [5.74, 6) is 0.182. The van der Waals surface area contributed by atoms with Crippen molar-refractivity contribution < 1.29 is 19.6 Å². The molecule has 0 aliphatic heterocycles. The van der Waals surface area contributed by atoms with Crippen LogP contribution in [-0.4, -0.2) is 23.7 Å². The third kappa shape index (κ3) is 2.97. The van der Waals surface area contributed by atoms with E-state index in [1.807, 2.05) is 6.92 Å². The van der Waals surface area contributed by atoms with Gasteiger partial charge < -0.3 is 9.52 Å².